The molecule has 0 unspecified atom stereocenters. The maximum atomic E-state index is 11.2. The van der Waals surface area contributed by atoms with Gasteiger partial charge in [-0.2, -0.15) is 0 Å². The van der Waals surface area contributed by atoms with E-state index in [-0.39, 0.29) is 17.9 Å². The van der Waals surface area contributed by atoms with Gasteiger partial charge >= 0.3 is 11.9 Å². The number of carbonyl (C=O) groups is 3. The summed E-state index contributed by atoms with van der Waals surface area (Å²) in [6.07, 6.45) is 5.21. The van der Waals surface area contributed by atoms with E-state index in [0.717, 1.165) is 32.0 Å². The zero-order valence-corrected chi connectivity index (χ0v) is 12.6. The monoisotopic (exact) mass is 286 g/mol. The minimum atomic E-state index is -0.191. The highest BCUT2D eigenvalue weighted by Crippen LogP contribution is 2.19. The average Bonchev–Trinajstić information content (AvgIpc) is 2.39. The highest BCUT2D eigenvalue weighted by atomic mass is 16.5. The molecule has 0 aliphatic heterocycles. The Morgan fingerprint density at radius 3 is 1.75 bits per heavy atom. The molecule has 0 fully saturated rings. The molecule has 0 radical (unpaired) electrons. The summed E-state index contributed by atoms with van der Waals surface area (Å²) in [5, 5.41) is 0. The first-order chi connectivity index (χ1) is 9.63. The van der Waals surface area contributed by atoms with E-state index in [1.165, 1.54) is 0 Å². The van der Waals surface area contributed by atoms with E-state index in [4.69, 9.17) is 9.47 Å². The van der Waals surface area contributed by atoms with Gasteiger partial charge in [-0.05, 0) is 45.4 Å². The van der Waals surface area contributed by atoms with Crippen LogP contribution >= 0.6 is 0 Å². The van der Waals surface area contributed by atoms with E-state index in [2.05, 4.69) is 0 Å². The normalized spacial score (nSPS) is 10.3. The Kier molecular flexibility index (Phi) is 11.8. The van der Waals surface area contributed by atoms with Crippen molar-refractivity contribution < 1.29 is 23.9 Å². The number of rotatable bonds is 12. The Labute approximate surface area is 121 Å². The molecule has 5 nitrogen and oxygen atoms in total. The van der Waals surface area contributed by atoms with Gasteiger partial charge in [0.05, 0.1) is 13.2 Å². The molecule has 0 rings (SSSR count). The largest absolute Gasteiger partial charge is 0.466 e. The zero-order valence-electron chi connectivity index (χ0n) is 12.6. The van der Waals surface area contributed by atoms with Crippen LogP contribution in [0.4, 0.5) is 0 Å². The number of esters is 2. The van der Waals surface area contributed by atoms with E-state index in [1.807, 2.05) is 0 Å². The Hall–Kier alpha value is -1.39. The van der Waals surface area contributed by atoms with Crippen molar-refractivity contribution in [2.24, 2.45) is 5.92 Å². The van der Waals surface area contributed by atoms with Crippen molar-refractivity contribution in [3.8, 4) is 0 Å². The molecule has 116 valence electrons. The second kappa shape index (κ2) is 12.6. The maximum Gasteiger partial charge on any atom is 0.305 e. The van der Waals surface area contributed by atoms with Gasteiger partial charge in [-0.25, -0.2) is 0 Å². The molecule has 0 saturated carbocycles. The van der Waals surface area contributed by atoms with Gasteiger partial charge in [0.1, 0.15) is 6.29 Å². The van der Waals surface area contributed by atoms with Crippen molar-refractivity contribution in [1.29, 1.82) is 0 Å². The van der Waals surface area contributed by atoms with E-state index < -0.39 is 0 Å². The molecule has 5 heteroatoms. The number of aldehydes is 1. The third-order valence-electron chi connectivity index (χ3n) is 3.03. The smallest absolute Gasteiger partial charge is 0.305 e. The summed E-state index contributed by atoms with van der Waals surface area (Å²) in [6, 6.07) is 0. The molecule has 0 aliphatic carbocycles. The topological polar surface area (TPSA) is 69.7 Å². The van der Waals surface area contributed by atoms with Gasteiger partial charge in [0.15, 0.2) is 0 Å². The van der Waals surface area contributed by atoms with Gasteiger partial charge < -0.3 is 14.3 Å². The van der Waals surface area contributed by atoms with Crippen LogP contribution in [0.1, 0.15) is 58.8 Å². The SMILES string of the molecule is CCOC(=O)CCCC(CC=O)CCCC(=O)OCC. The van der Waals surface area contributed by atoms with E-state index in [0.29, 0.717) is 32.5 Å². The lowest BCUT2D eigenvalue weighted by molar-refractivity contribution is -0.144. The lowest BCUT2D eigenvalue weighted by Gasteiger charge is -2.13. The van der Waals surface area contributed by atoms with Crippen LogP contribution in [-0.2, 0) is 23.9 Å². The highest BCUT2D eigenvalue weighted by Gasteiger charge is 2.11. The molecule has 20 heavy (non-hydrogen) atoms. The first kappa shape index (κ1) is 18.6. The standard InChI is InChI=1S/C15H26O5/c1-3-19-14(17)9-5-7-13(11-12-16)8-6-10-15(18)20-4-2/h12-13H,3-11H2,1-2H3. The second-order valence-electron chi connectivity index (χ2n) is 4.66. The highest BCUT2D eigenvalue weighted by molar-refractivity contribution is 5.69. The molecule has 0 atom stereocenters. The molecule has 0 aliphatic rings. The number of hydrogen-bond acceptors (Lipinski definition) is 5. The van der Waals surface area contributed by atoms with Crippen LogP contribution in [0.3, 0.4) is 0 Å². The van der Waals surface area contributed by atoms with Gasteiger partial charge in [-0.3, -0.25) is 9.59 Å². The predicted molar refractivity (Wildman–Crippen MR) is 75.1 cm³/mol. The second-order valence-corrected chi connectivity index (χ2v) is 4.66. The summed E-state index contributed by atoms with van der Waals surface area (Å²) < 4.78 is 9.71. The molecule has 0 aromatic heterocycles. The van der Waals surface area contributed by atoms with E-state index in [1.54, 1.807) is 13.8 Å². The minimum absolute atomic E-state index is 0.191. The van der Waals surface area contributed by atoms with Gasteiger partial charge in [0, 0.05) is 19.3 Å². The fraction of sp³-hybridized carbons (Fsp3) is 0.800. The van der Waals surface area contributed by atoms with Crippen molar-refractivity contribution in [3.63, 3.8) is 0 Å². The first-order valence-electron chi connectivity index (χ1n) is 7.38. The van der Waals surface area contributed by atoms with Crippen LogP contribution in [0.25, 0.3) is 0 Å². The zero-order chi connectivity index (χ0) is 15.2. The lowest BCUT2D eigenvalue weighted by atomic mass is 9.93. The fourth-order valence-electron chi connectivity index (χ4n) is 2.05. The number of ether oxygens (including phenoxy) is 2. The Bertz CT molecular complexity index is 264. The molecule has 0 aromatic rings. The lowest BCUT2D eigenvalue weighted by Crippen LogP contribution is -2.08. The van der Waals surface area contributed by atoms with Crippen LogP contribution in [0.2, 0.25) is 0 Å². The van der Waals surface area contributed by atoms with Crippen LogP contribution in [0, 0.1) is 5.92 Å². The van der Waals surface area contributed by atoms with Crippen molar-refractivity contribution in [2.45, 2.75) is 58.8 Å². The molecule has 0 bridgehead atoms. The third kappa shape index (κ3) is 10.5. The summed E-state index contributed by atoms with van der Waals surface area (Å²) in [5.74, 6) is -0.149. The van der Waals surface area contributed by atoms with Gasteiger partial charge in [-0.15, -0.1) is 0 Å². The third-order valence-corrected chi connectivity index (χ3v) is 3.03. The summed E-state index contributed by atoms with van der Waals surface area (Å²) in [7, 11) is 0. The number of hydrogen-bond donors (Lipinski definition) is 0. The van der Waals surface area contributed by atoms with Crippen molar-refractivity contribution in [1.82, 2.24) is 0 Å². The predicted octanol–water partition coefficient (Wildman–Crippen LogP) is 2.66. The Morgan fingerprint density at radius 2 is 1.40 bits per heavy atom. The van der Waals surface area contributed by atoms with Crippen molar-refractivity contribution in [2.75, 3.05) is 13.2 Å². The minimum Gasteiger partial charge on any atom is -0.466 e. The summed E-state index contributed by atoms with van der Waals surface area (Å²) >= 11 is 0. The average molecular weight is 286 g/mol. The van der Waals surface area contributed by atoms with Crippen LogP contribution in [-0.4, -0.2) is 31.4 Å². The quantitative estimate of drug-likeness (QED) is 0.407. The first-order valence-corrected chi connectivity index (χ1v) is 7.38. The molecular weight excluding hydrogens is 260 g/mol. The molecule has 0 spiro atoms. The fourth-order valence-corrected chi connectivity index (χ4v) is 2.05. The Morgan fingerprint density at radius 1 is 0.950 bits per heavy atom. The van der Waals surface area contributed by atoms with Crippen LogP contribution in [0.15, 0.2) is 0 Å². The van der Waals surface area contributed by atoms with Gasteiger partial charge in [0.25, 0.3) is 0 Å². The molecule has 0 N–H and O–H groups in total. The van der Waals surface area contributed by atoms with Crippen LogP contribution in [0.5, 0.6) is 0 Å². The summed E-state index contributed by atoms with van der Waals surface area (Å²) in [4.78, 5) is 33.0. The molecule has 0 heterocycles. The Balaban J connectivity index is 3.83. The van der Waals surface area contributed by atoms with Gasteiger partial charge in [-0.1, -0.05) is 0 Å². The summed E-state index contributed by atoms with van der Waals surface area (Å²) in [6.45, 7) is 4.36. The van der Waals surface area contributed by atoms with Crippen LogP contribution < -0.4 is 0 Å². The summed E-state index contributed by atoms with van der Waals surface area (Å²) in [5.41, 5.74) is 0. The maximum absolute atomic E-state index is 11.2. The van der Waals surface area contributed by atoms with Crippen molar-refractivity contribution in [3.05, 3.63) is 0 Å². The molecule has 0 aromatic carbocycles. The molecule has 0 amide bonds. The van der Waals surface area contributed by atoms with Crippen molar-refractivity contribution >= 4 is 18.2 Å². The molecular formula is C15H26O5. The van der Waals surface area contributed by atoms with E-state index in [9.17, 15) is 14.4 Å². The van der Waals surface area contributed by atoms with E-state index >= 15 is 0 Å². The number of carbonyl (C=O) groups excluding carboxylic acids is 3. The molecule has 0 saturated heterocycles. The van der Waals surface area contributed by atoms with Gasteiger partial charge in [0.2, 0.25) is 0 Å².